The van der Waals surface area contributed by atoms with E-state index in [2.05, 4.69) is 9.88 Å². The molecule has 0 saturated carbocycles. The maximum atomic E-state index is 13.2. The first kappa shape index (κ1) is 18.4. The molecule has 7 nitrogen and oxygen atoms in total. The number of imidazole rings is 1. The molecule has 4 aromatic rings. The molecule has 0 saturated heterocycles. The minimum atomic E-state index is -3.89. The lowest BCUT2D eigenvalue weighted by atomic mass is 10.1. The van der Waals surface area contributed by atoms with Crippen LogP contribution in [0.3, 0.4) is 0 Å². The van der Waals surface area contributed by atoms with E-state index in [4.69, 9.17) is 9.51 Å². The molecule has 0 spiro atoms. The first-order chi connectivity index (χ1) is 13.4. The summed E-state index contributed by atoms with van der Waals surface area (Å²) in [6, 6.07) is 16.4. The highest BCUT2D eigenvalue weighted by Crippen LogP contribution is 2.28. The fourth-order valence-corrected chi connectivity index (χ4v) is 4.92. The van der Waals surface area contributed by atoms with Crippen molar-refractivity contribution in [3.8, 4) is 0 Å². The maximum Gasteiger partial charge on any atom is 0.246 e. The average Bonchev–Trinajstić information content (AvgIpc) is 3.20. The molecule has 0 aliphatic heterocycles. The predicted molar refractivity (Wildman–Crippen MR) is 105 cm³/mol. The standard InChI is InChI=1S/C20H20N4O3S/c1-13-19(14(2)27-22-13)28(25,26)23-18(15-9-5-4-6-10-15)20-21-16-11-7-8-12-17(16)24(20)3/h4-12,18,23H,1-3H3/t18-/m1/s1. The van der Waals surface area contributed by atoms with Gasteiger partial charge in [-0.1, -0.05) is 47.6 Å². The van der Waals surface area contributed by atoms with Gasteiger partial charge >= 0.3 is 0 Å². The number of aromatic nitrogens is 3. The molecule has 2 aromatic heterocycles. The van der Waals surface area contributed by atoms with Crippen LogP contribution in [-0.4, -0.2) is 23.1 Å². The summed E-state index contributed by atoms with van der Waals surface area (Å²) in [5, 5.41) is 3.77. The van der Waals surface area contributed by atoms with Crippen molar-refractivity contribution in [3.63, 3.8) is 0 Å². The molecule has 4 rings (SSSR count). The van der Waals surface area contributed by atoms with Crippen LogP contribution in [0.5, 0.6) is 0 Å². The quantitative estimate of drug-likeness (QED) is 0.559. The highest BCUT2D eigenvalue weighted by atomic mass is 32.2. The second kappa shape index (κ2) is 6.88. The van der Waals surface area contributed by atoms with Gasteiger partial charge < -0.3 is 9.09 Å². The summed E-state index contributed by atoms with van der Waals surface area (Å²) in [7, 11) is -2.01. The van der Waals surface area contributed by atoms with Crippen LogP contribution in [0.25, 0.3) is 11.0 Å². The van der Waals surface area contributed by atoms with Gasteiger partial charge in [-0.25, -0.2) is 13.4 Å². The fraction of sp³-hybridized carbons (Fsp3) is 0.200. The van der Waals surface area contributed by atoms with Crippen molar-refractivity contribution >= 4 is 21.1 Å². The third kappa shape index (κ3) is 3.10. The number of nitrogens with zero attached hydrogens (tertiary/aromatic N) is 3. The largest absolute Gasteiger partial charge is 0.360 e. The Morgan fingerprint density at radius 2 is 1.71 bits per heavy atom. The third-order valence-electron chi connectivity index (χ3n) is 4.72. The maximum absolute atomic E-state index is 13.2. The monoisotopic (exact) mass is 396 g/mol. The number of sulfonamides is 1. The number of rotatable bonds is 5. The molecule has 2 aromatic carbocycles. The Balaban J connectivity index is 1.86. The van der Waals surface area contributed by atoms with E-state index in [0.717, 1.165) is 16.6 Å². The van der Waals surface area contributed by atoms with Crippen molar-refractivity contribution in [1.29, 1.82) is 0 Å². The van der Waals surface area contributed by atoms with E-state index >= 15 is 0 Å². The van der Waals surface area contributed by atoms with Crippen molar-refractivity contribution in [2.75, 3.05) is 0 Å². The van der Waals surface area contributed by atoms with Crippen LogP contribution in [0.15, 0.2) is 64.0 Å². The highest BCUT2D eigenvalue weighted by molar-refractivity contribution is 7.89. The van der Waals surface area contributed by atoms with Crippen molar-refractivity contribution in [2.45, 2.75) is 24.8 Å². The van der Waals surface area contributed by atoms with E-state index in [1.54, 1.807) is 13.8 Å². The van der Waals surface area contributed by atoms with Crippen LogP contribution < -0.4 is 4.72 Å². The van der Waals surface area contributed by atoms with Crippen LogP contribution in [-0.2, 0) is 17.1 Å². The normalized spacial score (nSPS) is 13.1. The number of hydrogen-bond donors (Lipinski definition) is 1. The lowest BCUT2D eigenvalue weighted by Crippen LogP contribution is -2.31. The Morgan fingerprint density at radius 3 is 2.36 bits per heavy atom. The van der Waals surface area contributed by atoms with Crippen molar-refractivity contribution < 1.29 is 12.9 Å². The molecule has 0 bridgehead atoms. The Morgan fingerprint density at radius 1 is 1.04 bits per heavy atom. The zero-order valence-corrected chi connectivity index (χ0v) is 16.6. The molecule has 2 heterocycles. The molecular formula is C20H20N4O3S. The summed E-state index contributed by atoms with van der Waals surface area (Å²) in [5.74, 6) is 0.851. The Bertz CT molecular complexity index is 1220. The molecule has 144 valence electrons. The Labute approximate surface area is 163 Å². The molecular weight excluding hydrogens is 376 g/mol. The molecule has 28 heavy (non-hydrogen) atoms. The summed E-state index contributed by atoms with van der Waals surface area (Å²) in [6.45, 7) is 3.19. The molecule has 0 unspecified atom stereocenters. The molecule has 0 amide bonds. The topological polar surface area (TPSA) is 90.0 Å². The Hall–Kier alpha value is -2.97. The zero-order valence-electron chi connectivity index (χ0n) is 15.7. The van der Waals surface area contributed by atoms with Gasteiger partial charge in [0.1, 0.15) is 22.5 Å². The van der Waals surface area contributed by atoms with Crippen molar-refractivity contribution in [3.05, 3.63) is 77.4 Å². The zero-order chi connectivity index (χ0) is 19.9. The lowest BCUT2D eigenvalue weighted by molar-refractivity contribution is 0.390. The van der Waals surface area contributed by atoms with Gasteiger partial charge in [0, 0.05) is 7.05 Å². The van der Waals surface area contributed by atoms with Crippen molar-refractivity contribution in [2.24, 2.45) is 7.05 Å². The summed E-state index contributed by atoms with van der Waals surface area (Å²) < 4.78 is 36.1. The van der Waals surface area contributed by atoms with E-state index in [9.17, 15) is 8.42 Å². The first-order valence-corrected chi connectivity index (χ1v) is 10.3. The molecule has 0 radical (unpaired) electrons. The minimum Gasteiger partial charge on any atom is -0.360 e. The van der Waals surface area contributed by atoms with E-state index in [1.807, 2.05) is 66.2 Å². The van der Waals surface area contributed by atoms with E-state index in [0.29, 0.717) is 11.5 Å². The number of benzene rings is 2. The van der Waals surface area contributed by atoms with Crippen molar-refractivity contribution in [1.82, 2.24) is 19.4 Å². The van der Waals surface area contributed by atoms with Gasteiger partial charge in [-0.3, -0.25) is 0 Å². The first-order valence-electron chi connectivity index (χ1n) is 8.80. The number of fused-ring (bicyclic) bond motifs is 1. The molecule has 1 N–H and O–H groups in total. The van der Waals surface area contributed by atoms with Gasteiger partial charge in [0.15, 0.2) is 5.76 Å². The number of para-hydroxylation sites is 2. The SMILES string of the molecule is Cc1noc(C)c1S(=O)(=O)N[C@H](c1ccccc1)c1nc2ccccc2n1C. The van der Waals surface area contributed by atoms with Crippen LogP contribution in [0.4, 0.5) is 0 Å². The third-order valence-corrected chi connectivity index (χ3v) is 6.39. The Kier molecular flexibility index (Phi) is 4.52. The van der Waals surface area contributed by atoms with E-state index in [1.165, 1.54) is 0 Å². The van der Waals surface area contributed by atoms with Gasteiger partial charge in [-0.2, -0.15) is 4.72 Å². The molecule has 0 aliphatic rings. The molecule has 0 fully saturated rings. The summed E-state index contributed by atoms with van der Waals surface area (Å²) in [4.78, 5) is 4.76. The molecule has 8 heteroatoms. The van der Waals surface area contributed by atoms with Gasteiger partial charge in [0.25, 0.3) is 0 Å². The van der Waals surface area contributed by atoms with Gasteiger partial charge in [-0.15, -0.1) is 0 Å². The van der Waals surface area contributed by atoms with Crippen LogP contribution >= 0.6 is 0 Å². The van der Waals surface area contributed by atoms with E-state index in [-0.39, 0.29) is 10.7 Å². The smallest absolute Gasteiger partial charge is 0.246 e. The number of hydrogen-bond acceptors (Lipinski definition) is 5. The van der Waals surface area contributed by atoms with E-state index < -0.39 is 16.1 Å². The predicted octanol–water partition coefficient (Wildman–Crippen LogP) is 3.25. The second-order valence-electron chi connectivity index (χ2n) is 6.64. The number of nitrogens with one attached hydrogen (secondary N) is 1. The second-order valence-corrected chi connectivity index (χ2v) is 8.29. The lowest BCUT2D eigenvalue weighted by Gasteiger charge is -2.19. The minimum absolute atomic E-state index is 0.0622. The number of aryl methyl sites for hydroxylation is 3. The molecule has 1 atom stereocenters. The summed E-state index contributed by atoms with van der Waals surface area (Å²) in [5.41, 5.74) is 2.84. The average molecular weight is 396 g/mol. The van der Waals surface area contributed by atoms with Crippen LogP contribution in [0, 0.1) is 13.8 Å². The van der Waals surface area contributed by atoms with Crippen LogP contribution in [0.1, 0.15) is 28.9 Å². The van der Waals surface area contributed by atoms with Crippen LogP contribution in [0.2, 0.25) is 0 Å². The van der Waals surface area contributed by atoms with Gasteiger partial charge in [-0.05, 0) is 31.5 Å². The summed E-state index contributed by atoms with van der Waals surface area (Å²) >= 11 is 0. The fourth-order valence-electron chi connectivity index (χ4n) is 3.41. The summed E-state index contributed by atoms with van der Waals surface area (Å²) in [6.07, 6.45) is 0. The highest BCUT2D eigenvalue weighted by Gasteiger charge is 2.30. The van der Waals surface area contributed by atoms with Gasteiger partial charge in [0.05, 0.1) is 11.0 Å². The van der Waals surface area contributed by atoms with Gasteiger partial charge in [0.2, 0.25) is 10.0 Å². The molecule has 0 aliphatic carbocycles.